The van der Waals surface area contributed by atoms with Crippen LogP contribution in [-0.2, 0) is 0 Å². The number of anilines is 2. The average Bonchev–Trinajstić information content (AvgIpc) is 2.69. The average molecular weight is 386 g/mol. The first kappa shape index (κ1) is 19.0. The molecule has 144 valence electrons. The van der Waals surface area contributed by atoms with Crippen LogP contribution in [-0.4, -0.2) is 29.6 Å². The highest BCUT2D eigenvalue weighted by atomic mass is 19.3. The van der Waals surface area contributed by atoms with E-state index in [2.05, 4.69) is 20.0 Å². The van der Waals surface area contributed by atoms with Crippen LogP contribution >= 0.6 is 0 Å². The summed E-state index contributed by atoms with van der Waals surface area (Å²) in [4.78, 5) is 20.1. The number of hydrogen-bond donors (Lipinski definition) is 2. The molecule has 28 heavy (non-hydrogen) atoms. The number of carbonyl (C=O) groups excluding carboxylic acids is 1. The van der Waals surface area contributed by atoms with Gasteiger partial charge >= 0.3 is 6.61 Å². The Kier molecular flexibility index (Phi) is 5.64. The molecule has 1 aromatic heterocycles. The molecule has 7 nitrogen and oxygen atoms in total. The van der Waals surface area contributed by atoms with Crippen LogP contribution in [0.2, 0.25) is 0 Å². The van der Waals surface area contributed by atoms with Gasteiger partial charge in [0.2, 0.25) is 0 Å². The van der Waals surface area contributed by atoms with Crippen molar-refractivity contribution in [1.82, 2.24) is 9.97 Å². The summed E-state index contributed by atoms with van der Waals surface area (Å²) in [6.45, 7) is -2.99. The van der Waals surface area contributed by atoms with E-state index < -0.39 is 12.5 Å². The highest BCUT2D eigenvalue weighted by Gasteiger charge is 2.16. The Balaban J connectivity index is 1.95. The largest absolute Gasteiger partial charge is 0.497 e. The molecular formula is C19H16F2N4O3. The fourth-order valence-electron chi connectivity index (χ4n) is 2.52. The van der Waals surface area contributed by atoms with Gasteiger partial charge in [0.1, 0.15) is 11.5 Å². The van der Waals surface area contributed by atoms with Crippen molar-refractivity contribution in [2.75, 3.05) is 18.2 Å². The third kappa shape index (κ3) is 4.32. The van der Waals surface area contributed by atoms with Gasteiger partial charge in [-0.3, -0.25) is 4.79 Å². The van der Waals surface area contributed by atoms with Crippen molar-refractivity contribution in [3.63, 3.8) is 0 Å². The van der Waals surface area contributed by atoms with E-state index in [4.69, 9.17) is 10.5 Å². The molecule has 1 heterocycles. The summed E-state index contributed by atoms with van der Waals surface area (Å²) in [7, 11) is 1.52. The van der Waals surface area contributed by atoms with Crippen LogP contribution in [0.25, 0.3) is 11.1 Å². The lowest BCUT2D eigenvalue weighted by Crippen LogP contribution is -2.16. The zero-order valence-corrected chi connectivity index (χ0v) is 14.7. The van der Waals surface area contributed by atoms with Crippen molar-refractivity contribution in [3.8, 4) is 22.6 Å². The second-order valence-corrected chi connectivity index (χ2v) is 5.56. The van der Waals surface area contributed by atoms with Gasteiger partial charge in [0, 0.05) is 23.6 Å². The smallest absolute Gasteiger partial charge is 0.387 e. The quantitative estimate of drug-likeness (QED) is 0.672. The zero-order chi connectivity index (χ0) is 20.1. The summed E-state index contributed by atoms with van der Waals surface area (Å²) in [5.74, 6) is -0.0123. The molecule has 0 bridgehead atoms. The first-order valence-electron chi connectivity index (χ1n) is 8.09. The molecule has 0 atom stereocenters. The Morgan fingerprint density at radius 1 is 1.11 bits per heavy atom. The fraction of sp³-hybridized carbons (Fsp3) is 0.105. The molecule has 0 saturated heterocycles. The first-order chi connectivity index (χ1) is 13.5. The summed E-state index contributed by atoms with van der Waals surface area (Å²) in [5.41, 5.74) is 6.93. The van der Waals surface area contributed by atoms with Gasteiger partial charge in [0.15, 0.2) is 11.5 Å². The number of ether oxygens (including phenoxy) is 2. The van der Waals surface area contributed by atoms with E-state index in [1.165, 1.54) is 37.7 Å². The maximum Gasteiger partial charge on any atom is 0.387 e. The van der Waals surface area contributed by atoms with E-state index in [0.29, 0.717) is 22.6 Å². The second-order valence-electron chi connectivity index (χ2n) is 5.56. The number of hydrogen-bond acceptors (Lipinski definition) is 6. The molecule has 0 aliphatic heterocycles. The lowest BCUT2D eigenvalue weighted by molar-refractivity contribution is -0.0494. The fourth-order valence-corrected chi connectivity index (χ4v) is 2.52. The maximum atomic E-state index is 12.8. The van der Waals surface area contributed by atoms with Crippen molar-refractivity contribution in [1.29, 1.82) is 0 Å². The molecular weight excluding hydrogens is 370 g/mol. The van der Waals surface area contributed by atoms with Crippen LogP contribution in [0.1, 0.15) is 10.5 Å². The first-order valence-corrected chi connectivity index (χ1v) is 8.09. The van der Waals surface area contributed by atoms with Crippen LogP contribution in [0, 0.1) is 0 Å². The van der Waals surface area contributed by atoms with Crippen molar-refractivity contribution in [2.24, 2.45) is 0 Å². The van der Waals surface area contributed by atoms with Gasteiger partial charge in [-0.15, -0.1) is 0 Å². The molecule has 0 unspecified atom stereocenters. The number of amides is 1. The van der Waals surface area contributed by atoms with Gasteiger partial charge < -0.3 is 20.5 Å². The number of nitrogen functional groups attached to an aromatic ring is 1. The summed E-state index contributed by atoms with van der Waals surface area (Å²) in [6.07, 6.45) is 2.71. The standard InChI is InChI=1S/C19H16F2N4O3/c1-27-13-5-2-11(3-6-13)14-10-12(4-7-15(14)28-19(20)21)25-18(26)16-17(22)24-9-8-23-16/h2-10,19H,1H3,(H2,22,24)(H,25,26). The Morgan fingerprint density at radius 2 is 1.82 bits per heavy atom. The molecule has 0 aliphatic rings. The SMILES string of the molecule is COc1ccc(-c2cc(NC(=O)c3nccnc3N)ccc2OC(F)F)cc1. The summed E-state index contributed by atoms with van der Waals surface area (Å²) in [6, 6.07) is 11.1. The predicted octanol–water partition coefficient (Wildman–Crippen LogP) is 3.59. The number of benzene rings is 2. The molecule has 0 spiro atoms. The number of nitrogens with one attached hydrogen (secondary N) is 1. The number of rotatable bonds is 6. The Hall–Kier alpha value is -3.75. The second kappa shape index (κ2) is 8.30. The number of aromatic nitrogens is 2. The number of carbonyl (C=O) groups is 1. The van der Waals surface area contributed by atoms with Crippen LogP contribution in [0.3, 0.4) is 0 Å². The molecule has 0 fully saturated rings. The number of nitrogens with zero attached hydrogens (tertiary/aromatic N) is 2. The van der Waals surface area contributed by atoms with Crippen LogP contribution in [0.5, 0.6) is 11.5 Å². The van der Waals surface area contributed by atoms with E-state index in [9.17, 15) is 13.6 Å². The lowest BCUT2D eigenvalue weighted by Gasteiger charge is -2.14. The monoisotopic (exact) mass is 386 g/mol. The molecule has 3 rings (SSSR count). The summed E-state index contributed by atoms with van der Waals surface area (Å²) < 4.78 is 35.2. The number of alkyl halides is 2. The topological polar surface area (TPSA) is 99.4 Å². The van der Waals surface area contributed by atoms with Crippen LogP contribution in [0.15, 0.2) is 54.9 Å². The van der Waals surface area contributed by atoms with Gasteiger partial charge in [-0.05, 0) is 35.9 Å². The van der Waals surface area contributed by atoms with E-state index in [1.807, 2.05) is 0 Å². The highest BCUT2D eigenvalue weighted by molar-refractivity contribution is 6.06. The molecule has 2 aromatic carbocycles. The normalized spacial score (nSPS) is 10.6. The Morgan fingerprint density at radius 3 is 2.46 bits per heavy atom. The predicted molar refractivity (Wildman–Crippen MR) is 99.5 cm³/mol. The van der Waals surface area contributed by atoms with Crippen molar-refractivity contribution >= 4 is 17.4 Å². The zero-order valence-electron chi connectivity index (χ0n) is 14.7. The Labute approximate surface area is 159 Å². The van der Waals surface area contributed by atoms with Gasteiger partial charge in [-0.2, -0.15) is 8.78 Å². The summed E-state index contributed by atoms with van der Waals surface area (Å²) in [5, 5.41) is 2.62. The van der Waals surface area contributed by atoms with Crippen molar-refractivity contribution in [2.45, 2.75) is 6.61 Å². The van der Waals surface area contributed by atoms with E-state index in [0.717, 1.165) is 0 Å². The molecule has 3 aromatic rings. The van der Waals surface area contributed by atoms with Gasteiger partial charge in [0.05, 0.1) is 7.11 Å². The number of nitrogens with two attached hydrogens (primary N) is 1. The van der Waals surface area contributed by atoms with Gasteiger partial charge in [0.25, 0.3) is 5.91 Å². The van der Waals surface area contributed by atoms with Crippen LogP contribution in [0.4, 0.5) is 20.3 Å². The van der Waals surface area contributed by atoms with Crippen molar-refractivity contribution < 1.29 is 23.0 Å². The third-order valence-electron chi connectivity index (χ3n) is 3.80. The molecule has 0 aliphatic carbocycles. The van der Waals surface area contributed by atoms with E-state index in [1.54, 1.807) is 24.3 Å². The number of methoxy groups -OCH3 is 1. The van der Waals surface area contributed by atoms with E-state index >= 15 is 0 Å². The molecule has 9 heteroatoms. The number of halogens is 2. The minimum absolute atomic E-state index is 0.0203. The van der Waals surface area contributed by atoms with Gasteiger partial charge in [-0.1, -0.05) is 12.1 Å². The van der Waals surface area contributed by atoms with Crippen LogP contribution < -0.4 is 20.5 Å². The maximum absolute atomic E-state index is 12.8. The lowest BCUT2D eigenvalue weighted by atomic mass is 10.0. The minimum atomic E-state index is -2.99. The molecule has 0 saturated carbocycles. The minimum Gasteiger partial charge on any atom is -0.497 e. The Bertz CT molecular complexity index is 981. The van der Waals surface area contributed by atoms with E-state index in [-0.39, 0.29) is 17.3 Å². The summed E-state index contributed by atoms with van der Waals surface area (Å²) >= 11 is 0. The van der Waals surface area contributed by atoms with Gasteiger partial charge in [-0.25, -0.2) is 9.97 Å². The highest BCUT2D eigenvalue weighted by Crippen LogP contribution is 2.34. The molecule has 0 radical (unpaired) electrons. The third-order valence-corrected chi connectivity index (χ3v) is 3.80. The van der Waals surface area contributed by atoms with Crippen molar-refractivity contribution in [3.05, 3.63) is 60.6 Å². The molecule has 3 N–H and O–H groups in total. The molecule has 1 amide bonds.